The van der Waals surface area contributed by atoms with Crippen LogP contribution in [0.25, 0.3) is 5.69 Å². The number of tetrazole rings is 1. The van der Waals surface area contributed by atoms with Crippen molar-refractivity contribution in [1.82, 2.24) is 30.4 Å². The largest absolute Gasteiger partial charge is 0.416 e. The minimum atomic E-state index is -4.40. The normalized spacial score (nSPS) is 18.7. The summed E-state index contributed by atoms with van der Waals surface area (Å²) in [7, 11) is 0. The topological polar surface area (TPSA) is 58.9 Å². The summed E-state index contributed by atoms with van der Waals surface area (Å²) in [5.74, 6) is 0.520. The van der Waals surface area contributed by atoms with E-state index in [-0.39, 0.29) is 5.54 Å². The molecule has 1 aromatic heterocycles. The summed E-state index contributed by atoms with van der Waals surface area (Å²) >= 11 is 0. The van der Waals surface area contributed by atoms with Crippen LogP contribution in [0.15, 0.2) is 24.3 Å². The molecule has 130 valence electrons. The van der Waals surface area contributed by atoms with Gasteiger partial charge in [-0.05, 0) is 42.5 Å². The quantitative estimate of drug-likeness (QED) is 0.924. The Bertz CT molecular complexity index is 709. The lowest BCUT2D eigenvalue weighted by molar-refractivity contribution is -0.137. The number of nitrogens with zero attached hydrogens (tertiary/aromatic N) is 5. The van der Waals surface area contributed by atoms with Crippen molar-refractivity contribution in [3.8, 4) is 5.69 Å². The van der Waals surface area contributed by atoms with E-state index in [1.165, 1.54) is 10.7 Å². The van der Waals surface area contributed by atoms with Crippen molar-refractivity contribution in [3.63, 3.8) is 0 Å². The van der Waals surface area contributed by atoms with Crippen molar-refractivity contribution in [1.29, 1.82) is 0 Å². The first-order valence-electron chi connectivity index (χ1n) is 7.67. The Balaban J connectivity index is 1.83. The molecule has 1 aliphatic rings. The molecule has 6 nitrogen and oxygen atoms in total. The zero-order valence-corrected chi connectivity index (χ0v) is 13.5. The number of hydrogen-bond donors (Lipinski definition) is 1. The van der Waals surface area contributed by atoms with E-state index in [1.54, 1.807) is 6.07 Å². The molecule has 0 bridgehead atoms. The SMILES string of the molecule is CC1(C)CN(Cc2nnnn2-c2cccc(C(F)(F)F)c2)CCN1. The Hall–Kier alpha value is -2.00. The van der Waals surface area contributed by atoms with Gasteiger partial charge in [-0.2, -0.15) is 17.9 Å². The van der Waals surface area contributed by atoms with Crippen molar-refractivity contribution >= 4 is 0 Å². The fraction of sp³-hybridized carbons (Fsp3) is 0.533. The highest BCUT2D eigenvalue weighted by molar-refractivity contribution is 5.36. The van der Waals surface area contributed by atoms with Gasteiger partial charge in [0, 0.05) is 25.2 Å². The number of piperazine rings is 1. The Morgan fingerprint density at radius 3 is 2.79 bits per heavy atom. The van der Waals surface area contributed by atoms with Crippen LogP contribution in [0.3, 0.4) is 0 Å². The number of nitrogens with one attached hydrogen (secondary N) is 1. The van der Waals surface area contributed by atoms with Crippen molar-refractivity contribution in [2.75, 3.05) is 19.6 Å². The first-order chi connectivity index (χ1) is 11.2. The van der Waals surface area contributed by atoms with Gasteiger partial charge >= 0.3 is 6.18 Å². The fourth-order valence-electron chi connectivity index (χ4n) is 2.90. The van der Waals surface area contributed by atoms with Crippen LogP contribution >= 0.6 is 0 Å². The molecule has 1 fully saturated rings. The Morgan fingerprint density at radius 2 is 2.08 bits per heavy atom. The summed E-state index contributed by atoms with van der Waals surface area (Å²) in [5, 5.41) is 14.9. The molecule has 0 unspecified atom stereocenters. The smallest absolute Gasteiger partial charge is 0.309 e. The third-order valence-electron chi connectivity index (χ3n) is 3.97. The zero-order chi connectivity index (χ0) is 17.4. The molecule has 0 aliphatic carbocycles. The first-order valence-corrected chi connectivity index (χ1v) is 7.67. The van der Waals surface area contributed by atoms with Gasteiger partial charge in [0.1, 0.15) is 0 Å². The van der Waals surface area contributed by atoms with E-state index in [0.29, 0.717) is 18.1 Å². The summed E-state index contributed by atoms with van der Waals surface area (Å²) in [6, 6.07) is 5.02. The number of hydrogen-bond acceptors (Lipinski definition) is 5. The summed E-state index contributed by atoms with van der Waals surface area (Å²) in [4.78, 5) is 2.19. The summed E-state index contributed by atoms with van der Waals surface area (Å²) in [6.45, 7) is 7.18. The number of alkyl halides is 3. The van der Waals surface area contributed by atoms with Gasteiger partial charge in [-0.1, -0.05) is 6.07 Å². The molecule has 1 N–H and O–H groups in total. The van der Waals surface area contributed by atoms with Crippen LogP contribution in [-0.4, -0.2) is 50.3 Å². The minimum absolute atomic E-state index is 0.0211. The van der Waals surface area contributed by atoms with E-state index < -0.39 is 11.7 Å². The molecule has 2 heterocycles. The van der Waals surface area contributed by atoms with Gasteiger partial charge in [0.05, 0.1) is 17.8 Å². The number of aromatic nitrogens is 4. The van der Waals surface area contributed by atoms with Gasteiger partial charge < -0.3 is 5.32 Å². The van der Waals surface area contributed by atoms with Gasteiger partial charge in [0.25, 0.3) is 0 Å². The van der Waals surface area contributed by atoms with Crippen molar-refractivity contribution < 1.29 is 13.2 Å². The van der Waals surface area contributed by atoms with Crippen LogP contribution < -0.4 is 5.32 Å². The monoisotopic (exact) mass is 340 g/mol. The van der Waals surface area contributed by atoms with E-state index in [1.807, 2.05) is 0 Å². The maximum Gasteiger partial charge on any atom is 0.416 e. The lowest BCUT2D eigenvalue weighted by Crippen LogP contribution is -2.56. The summed E-state index contributed by atoms with van der Waals surface area (Å²) in [5.41, 5.74) is -0.434. The minimum Gasteiger partial charge on any atom is -0.309 e. The van der Waals surface area contributed by atoms with Crippen molar-refractivity contribution in [2.45, 2.75) is 32.1 Å². The molecule has 24 heavy (non-hydrogen) atoms. The standard InChI is InChI=1S/C15H19F3N6/c1-14(2)10-23(7-6-19-14)9-13-20-21-22-24(13)12-5-3-4-11(8-12)15(16,17)18/h3-5,8,19H,6-7,9-10H2,1-2H3. The molecule has 1 aromatic carbocycles. The molecule has 0 amide bonds. The van der Waals surface area contributed by atoms with Gasteiger partial charge in [0.2, 0.25) is 0 Å². The predicted octanol–water partition coefficient (Wildman–Crippen LogP) is 1.86. The lowest BCUT2D eigenvalue weighted by atomic mass is 10.0. The molecule has 1 aliphatic heterocycles. The molecule has 2 aromatic rings. The highest BCUT2D eigenvalue weighted by atomic mass is 19.4. The Kier molecular flexibility index (Phi) is 4.31. The number of halogens is 3. The highest BCUT2D eigenvalue weighted by Gasteiger charge is 2.31. The second kappa shape index (κ2) is 6.14. The third-order valence-corrected chi connectivity index (χ3v) is 3.97. The van der Waals surface area contributed by atoms with Crippen LogP contribution in [0.1, 0.15) is 25.2 Å². The Labute approximate surface area is 137 Å². The van der Waals surface area contributed by atoms with Gasteiger partial charge in [-0.25, -0.2) is 0 Å². The van der Waals surface area contributed by atoms with E-state index in [0.717, 1.165) is 31.8 Å². The fourth-order valence-corrected chi connectivity index (χ4v) is 2.90. The maximum absolute atomic E-state index is 12.9. The van der Waals surface area contributed by atoms with Gasteiger partial charge in [-0.3, -0.25) is 4.90 Å². The van der Waals surface area contributed by atoms with E-state index in [2.05, 4.69) is 39.6 Å². The van der Waals surface area contributed by atoms with Crippen LogP contribution in [0.4, 0.5) is 13.2 Å². The first kappa shape index (κ1) is 16.8. The second-order valence-corrected chi connectivity index (χ2v) is 6.58. The molecule has 0 atom stereocenters. The Morgan fingerprint density at radius 1 is 1.29 bits per heavy atom. The van der Waals surface area contributed by atoms with Gasteiger partial charge in [-0.15, -0.1) is 5.10 Å². The molecule has 1 saturated heterocycles. The third kappa shape index (κ3) is 3.73. The molecule has 0 spiro atoms. The maximum atomic E-state index is 12.9. The molecular weight excluding hydrogens is 321 g/mol. The van der Waals surface area contributed by atoms with E-state index in [9.17, 15) is 13.2 Å². The van der Waals surface area contributed by atoms with Crippen molar-refractivity contribution in [2.24, 2.45) is 0 Å². The van der Waals surface area contributed by atoms with Crippen LogP contribution in [-0.2, 0) is 12.7 Å². The molecule has 3 rings (SSSR count). The highest BCUT2D eigenvalue weighted by Crippen LogP contribution is 2.30. The van der Waals surface area contributed by atoms with E-state index >= 15 is 0 Å². The average Bonchev–Trinajstić information content (AvgIpc) is 2.93. The van der Waals surface area contributed by atoms with Crippen LogP contribution in [0.5, 0.6) is 0 Å². The van der Waals surface area contributed by atoms with Gasteiger partial charge in [0.15, 0.2) is 5.82 Å². The van der Waals surface area contributed by atoms with Crippen molar-refractivity contribution in [3.05, 3.63) is 35.7 Å². The van der Waals surface area contributed by atoms with Crippen LogP contribution in [0, 0.1) is 0 Å². The lowest BCUT2D eigenvalue weighted by Gasteiger charge is -2.38. The average molecular weight is 340 g/mol. The summed E-state index contributed by atoms with van der Waals surface area (Å²) < 4.78 is 40.0. The molecule has 0 radical (unpaired) electrons. The van der Waals surface area contributed by atoms with E-state index in [4.69, 9.17) is 0 Å². The second-order valence-electron chi connectivity index (χ2n) is 6.58. The summed E-state index contributed by atoms with van der Waals surface area (Å²) in [6.07, 6.45) is -4.40. The molecular formula is C15H19F3N6. The zero-order valence-electron chi connectivity index (χ0n) is 13.5. The predicted molar refractivity (Wildman–Crippen MR) is 81.5 cm³/mol. The molecule has 9 heteroatoms. The van der Waals surface area contributed by atoms with Crippen LogP contribution in [0.2, 0.25) is 0 Å². The number of rotatable bonds is 3. The molecule has 0 saturated carbocycles. The number of benzene rings is 1.